The maximum absolute atomic E-state index is 12.9. The van der Waals surface area contributed by atoms with E-state index in [1.54, 1.807) is 6.08 Å². The van der Waals surface area contributed by atoms with Crippen LogP contribution in [0.3, 0.4) is 0 Å². The zero-order valence-electron chi connectivity index (χ0n) is 44.7. The lowest BCUT2D eigenvalue weighted by atomic mass is 10.0. The molecular formula is C60H103N2O6P. The van der Waals surface area contributed by atoms with Crippen molar-refractivity contribution in [1.29, 1.82) is 0 Å². The van der Waals surface area contributed by atoms with Crippen LogP contribution in [0.1, 0.15) is 200 Å². The number of likely N-dealkylation sites (N-methyl/N-ethyl adjacent to an activating group) is 1. The lowest BCUT2D eigenvalue weighted by Gasteiger charge is -2.29. The molecule has 0 spiro atoms. The highest BCUT2D eigenvalue weighted by molar-refractivity contribution is 7.45. The zero-order chi connectivity index (χ0) is 50.6. The summed E-state index contributed by atoms with van der Waals surface area (Å²) in [5.41, 5.74) is 0. The normalized spacial score (nSPS) is 14.9. The second kappa shape index (κ2) is 49.9. The van der Waals surface area contributed by atoms with E-state index in [4.69, 9.17) is 9.05 Å². The number of nitrogens with one attached hydrogen (secondary N) is 1. The summed E-state index contributed by atoms with van der Waals surface area (Å²) in [5.74, 6) is -0.220. The van der Waals surface area contributed by atoms with Crippen molar-refractivity contribution in [2.45, 2.75) is 212 Å². The van der Waals surface area contributed by atoms with E-state index in [0.29, 0.717) is 17.4 Å². The Kier molecular flexibility index (Phi) is 47.6. The van der Waals surface area contributed by atoms with Gasteiger partial charge in [-0.3, -0.25) is 9.36 Å². The Hall–Kier alpha value is -3.10. The summed E-state index contributed by atoms with van der Waals surface area (Å²) >= 11 is 0. The summed E-state index contributed by atoms with van der Waals surface area (Å²) in [6.45, 7) is 4.43. The molecule has 0 fully saturated rings. The van der Waals surface area contributed by atoms with Gasteiger partial charge in [0.1, 0.15) is 13.2 Å². The van der Waals surface area contributed by atoms with E-state index in [-0.39, 0.29) is 12.5 Å². The van der Waals surface area contributed by atoms with Crippen molar-refractivity contribution in [1.82, 2.24) is 5.32 Å². The number of hydrogen-bond donors (Lipinski definition) is 2. The van der Waals surface area contributed by atoms with Crippen molar-refractivity contribution in [2.75, 3.05) is 40.9 Å². The number of quaternary nitrogens is 1. The molecule has 0 aliphatic carbocycles. The molecule has 0 aliphatic rings. The highest BCUT2D eigenvalue weighted by Gasteiger charge is 2.23. The van der Waals surface area contributed by atoms with Gasteiger partial charge in [-0.25, -0.2) is 0 Å². The second-order valence-electron chi connectivity index (χ2n) is 19.2. The van der Waals surface area contributed by atoms with Gasteiger partial charge in [0.2, 0.25) is 5.91 Å². The number of carbonyl (C=O) groups excluding carboxylic acids is 1. The van der Waals surface area contributed by atoms with E-state index in [1.807, 2.05) is 27.2 Å². The molecule has 0 aromatic carbocycles. The first-order valence-corrected chi connectivity index (χ1v) is 28.9. The molecule has 2 N–H and O–H groups in total. The molecule has 0 saturated carbocycles. The molecule has 0 aromatic rings. The first kappa shape index (κ1) is 65.9. The molecule has 3 atom stereocenters. The average molecular weight is 979 g/mol. The van der Waals surface area contributed by atoms with Crippen LogP contribution in [-0.2, 0) is 18.4 Å². The average Bonchev–Trinajstić information content (AvgIpc) is 3.31. The molecule has 0 aromatic heterocycles. The van der Waals surface area contributed by atoms with Gasteiger partial charge < -0.3 is 28.8 Å². The topological polar surface area (TPSA) is 108 Å². The van der Waals surface area contributed by atoms with Crippen LogP contribution in [0, 0.1) is 0 Å². The van der Waals surface area contributed by atoms with Gasteiger partial charge in [-0.1, -0.05) is 219 Å². The lowest BCUT2D eigenvalue weighted by molar-refractivity contribution is -0.870. The maximum atomic E-state index is 12.9. The van der Waals surface area contributed by atoms with E-state index >= 15 is 0 Å². The van der Waals surface area contributed by atoms with Crippen LogP contribution in [0.25, 0.3) is 0 Å². The third-order valence-corrected chi connectivity index (χ3v) is 12.3. The van der Waals surface area contributed by atoms with Crippen molar-refractivity contribution in [3.05, 3.63) is 122 Å². The Morgan fingerprint density at radius 2 is 0.899 bits per heavy atom. The zero-order valence-corrected chi connectivity index (χ0v) is 45.6. The largest absolute Gasteiger partial charge is 0.756 e. The van der Waals surface area contributed by atoms with Gasteiger partial charge in [-0.2, -0.15) is 0 Å². The monoisotopic (exact) mass is 979 g/mol. The molecule has 0 heterocycles. The first-order chi connectivity index (χ1) is 33.5. The quantitative estimate of drug-likeness (QED) is 0.0272. The summed E-state index contributed by atoms with van der Waals surface area (Å²) in [5, 5.41) is 13.8. The maximum Gasteiger partial charge on any atom is 0.268 e. The van der Waals surface area contributed by atoms with Gasteiger partial charge in [0, 0.05) is 6.42 Å². The number of carbonyl (C=O) groups is 1. The predicted molar refractivity (Wildman–Crippen MR) is 297 cm³/mol. The Balaban J connectivity index is 4.11. The Morgan fingerprint density at radius 1 is 0.522 bits per heavy atom. The van der Waals surface area contributed by atoms with E-state index in [1.165, 1.54) is 83.5 Å². The fourth-order valence-electron chi connectivity index (χ4n) is 7.09. The molecule has 0 rings (SSSR count). The molecule has 0 radical (unpaired) electrons. The molecule has 0 saturated heterocycles. The molecule has 1 amide bonds. The minimum absolute atomic E-state index is 0.0147. The van der Waals surface area contributed by atoms with Crippen molar-refractivity contribution in [2.24, 2.45) is 0 Å². The molecule has 3 unspecified atom stereocenters. The minimum Gasteiger partial charge on any atom is -0.756 e. The van der Waals surface area contributed by atoms with E-state index in [2.05, 4.69) is 129 Å². The number of aliphatic hydroxyl groups is 1. The molecule has 0 aliphatic heterocycles. The van der Waals surface area contributed by atoms with Crippen molar-refractivity contribution in [3.8, 4) is 0 Å². The highest BCUT2D eigenvalue weighted by Crippen LogP contribution is 2.38. The van der Waals surface area contributed by atoms with Crippen molar-refractivity contribution in [3.63, 3.8) is 0 Å². The van der Waals surface area contributed by atoms with Crippen LogP contribution in [0.15, 0.2) is 122 Å². The molecule has 0 bridgehead atoms. The Bertz CT molecular complexity index is 1530. The van der Waals surface area contributed by atoms with Gasteiger partial charge in [-0.05, 0) is 96.3 Å². The van der Waals surface area contributed by atoms with E-state index in [9.17, 15) is 19.4 Å². The van der Waals surface area contributed by atoms with Gasteiger partial charge in [0.05, 0.1) is 39.9 Å². The van der Waals surface area contributed by atoms with Crippen LogP contribution in [-0.4, -0.2) is 68.5 Å². The van der Waals surface area contributed by atoms with E-state index < -0.39 is 26.6 Å². The standard InChI is InChI=1S/C60H103N2O6P/c1-6-8-10-12-14-16-18-20-21-22-23-24-25-26-27-28-29-30-31-32-33-34-35-36-37-38-39-40-41-42-44-46-48-50-52-54-60(64)61-58(57-68-69(65,66)67-56-55-62(3,4)5)59(63)53-51-49-47-45-43-19-17-15-13-11-9-7-2/h8,10,13-16,20-21,23-24,26-27,29-30,32-33,43,45,51,53,58-59,63H,6-7,9,11-12,17-19,22,25,28,31,34-42,44,46-50,52,54-57H2,1-5H3,(H-,61,64,65,66)/b10-8-,15-13+,16-14-,21-20-,24-23-,27-26-,30-29-,33-32-,45-43+,53-51+. The van der Waals surface area contributed by atoms with Crippen molar-refractivity contribution < 1.29 is 32.9 Å². The Morgan fingerprint density at radius 3 is 1.35 bits per heavy atom. The Labute approximate surface area is 424 Å². The summed E-state index contributed by atoms with van der Waals surface area (Å²) in [6.07, 6.45) is 74.2. The van der Waals surface area contributed by atoms with Gasteiger partial charge >= 0.3 is 0 Å². The molecule has 69 heavy (non-hydrogen) atoms. The number of nitrogens with zero attached hydrogens (tertiary/aromatic N) is 1. The number of amides is 1. The van der Waals surface area contributed by atoms with Gasteiger partial charge in [-0.15, -0.1) is 0 Å². The molecule has 9 heteroatoms. The number of phosphoric ester groups is 1. The molecule has 394 valence electrons. The van der Waals surface area contributed by atoms with Gasteiger partial charge in [0.15, 0.2) is 0 Å². The number of hydrogen-bond acceptors (Lipinski definition) is 6. The summed E-state index contributed by atoms with van der Waals surface area (Å²) in [6, 6.07) is -0.916. The second-order valence-corrected chi connectivity index (χ2v) is 20.6. The lowest BCUT2D eigenvalue weighted by Crippen LogP contribution is -2.45. The summed E-state index contributed by atoms with van der Waals surface area (Å²) in [7, 11) is 1.22. The van der Waals surface area contributed by atoms with Gasteiger partial charge in [0.25, 0.3) is 7.82 Å². The summed E-state index contributed by atoms with van der Waals surface area (Å²) in [4.78, 5) is 25.4. The van der Waals surface area contributed by atoms with Crippen LogP contribution < -0.4 is 10.2 Å². The third kappa shape index (κ3) is 52.6. The number of allylic oxidation sites excluding steroid dienone is 19. The smallest absolute Gasteiger partial charge is 0.268 e. The fraction of sp³-hybridized carbons (Fsp3) is 0.650. The first-order valence-electron chi connectivity index (χ1n) is 27.4. The molecule has 8 nitrogen and oxygen atoms in total. The SMILES string of the molecule is CC/C=C\C/C=C\C/C=C\C/C=C\C/C=C\C/C=C\C/C=C\CCCCCCCCCCCCCCCC(=O)NC(COP(=O)([O-])OCC[N+](C)(C)C)C(O)/C=C/CC/C=C/CC/C=C/CCCC. The van der Waals surface area contributed by atoms with Crippen LogP contribution in [0.5, 0.6) is 0 Å². The fourth-order valence-corrected chi connectivity index (χ4v) is 7.81. The third-order valence-electron chi connectivity index (χ3n) is 11.4. The van der Waals surface area contributed by atoms with Crippen molar-refractivity contribution >= 4 is 13.7 Å². The van der Waals surface area contributed by atoms with Crippen LogP contribution in [0.2, 0.25) is 0 Å². The number of rotatable bonds is 48. The predicted octanol–water partition coefficient (Wildman–Crippen LogP) is 16.0. The number of aliphatic hydroxyl groups excluding tert-OH is 1. The minimum atomic E-state index is -4.61. The number of unbranched alkanes of at least 4 members (excludes halogenated alkanes) is 17. The number of phosphoric acid groups is 1. The highest BCUT2D eigenvalue weighted by atomic mass is 31.2. The summed E-state index contributed by atoms with van der Waals surface area (Å²) < 4.78 is 23.2. The van der Waals surface area contributed by atoms with E-state index in [0.717, 1.165) is 96.3 Å². The molecular weight excluding hydrogens is 876 g/mol. The van der Waals surface area contributed by atoms with Crippen LogP contribution >= 0.6 is 7.82 Å². The van der Waals surface area contributed by atoms with Crippen LogP contribution in [0.4, 0.5) is 0 Å².